The molecule has 1 amide bonds. The van der Waals surface area contributed by atoms with Crippen LogP contribution in [-0.2, 0) is 19.9 Å². The monoisotopic (exact) mass is 382 g/mol. The fraction of sp³-hybridized carbons (Fsp3) is 0.421. The molecule has 1 atom stereocenters. The van der Waals surface area contributed by atoms with Crippen LogP contribution in [0.4, 0.5) is 0 Å². The molecule has 0 saturated heterocycles. The van der Waals surface area contributed by atoms with Crippen LogP contribution in [0.15, 0.2) is 18.5 Å². The van der Waals surface area contributed by atoms with E-state index >= 15 is 0 Å². The zero-order chi connectivity index (χ0) is 19.0. The van der Waals surface area contributed by atoms with Gasteiger partial charge in [-0.2, -0.15) is 5.10 Å². The van der Waals surface area contributed by atoms with Crippen molar-refractivity contribution in [1.82, 2.24) is 30.0 Å². The van der Waals surface area contributed by atoms with Gasteiger partial charge in [-0.3, -0.25) is 9.48 Å². The number of carbonyl (C=O) groups is 1. The van der Waals surface area contributed by atoms with Crippen LogP contribution in [-0.4, -0.2) is 30.6 Å². The number of hydrogen-bond acceptors (Lipinski definition) is 6. The molecule has 0 aliphatic heterocycles. The summed E-state index contributed by atoms with van der Waals surface area (Å²) >= 11 is 1.36. The van der Waals surface area contributed by atoms with Gasteiger partial charge in [0.1, 0.15) is 4.88 Å². The molecule has 4 rings (SSSR count). The zero-order valence-electron chi connectivity index (χ0n) is 15.7. The Kier molecular flexibility index (Phi) is 4.73. The molecule has 3 aromatic heterocycles. The fourth-order valence-corrected chi connectivity index (χ4v) is 4.74. The molecule has 1 unspecified atom stereocenters. The minimum absolute atomic E-state index is 0.00168. The molecule has 0 aromatic carbocycles. The number of thiazole rings is 1. The average molecular weight is 382 g/mol. The van der Waals surface area contributed by atoms with Gasteiger partial charge in [-0.15, -0.1) is 11.3 Å². The van der Waals surface area contributed by atoms with Crippen molar-refractivity contribution >= 4 is 17.2 Å². The smallest absolute Gasteiger partial charge is 0.263 e. The second kappa shape index (κ2) is 7.19. The van der Waals surface area contributed by atoms with Crippen molar-refractivity contribution in [3.8, 4) is 10.8 Å². The predicted molar refractivity (Wildman–Crippen MR) is 104 cm³/mol. The number of nitrogens with one attached hydrogen (secondary N) is 1. The van der Waals surface area contributed by atoms with Gasteiger partial charge in [0.05, 0.1) is 17.4 Å². The Bertz CT molecular complexity index is 978. The topological polar surface area (TPSA) is 85.6 Å². The summed E-state index contributed by atoms with van der Waals surface area (Å²) in [5, 5.41) is 8.44. The van der Waals surface area contributed by atoms with E-state index in [0.29, 0.717) is 22.1 Å². The van der Waals surface area contributed by atoms with Crippen LogP contribution in [0, 0.1) is 6.92 Å². The van der Waals surface area contributed by atoms with E-state index in [1.54, 1.807) is 18.5 Å². The van der Waals surface area contributed by atoms with Crippen molar-refractivity contribution in [3.63, 3.8) is 0 Å². The third kappa shape index (κ3) is 3.25. The maximum absolute atomic E-state index is 13.1. The van der Waals surface area contributed by atoms with E-state index in [2.05, 4.69) is 25.4 Å². The lowest BCUT2D eigenvalue weighted by molar-refractivity contribution is 0.0935. The summed E-state index contributed by atoms with van der Waals surface area (Å²) in [6.45, 7) is 4.02. The van der Waals surface area contributed by atoms with Gasteiger partial charge in [0.15, 0.2) is 10.8 Å². The molecule has 0 radical (unpaired) electrons. The van der Waals surface area contributed by atoms with Crippen LogP contribution in [0.2, 0.25) is 0 Å². The molecule has 27 heavy (non-hydrogen) atoms. The Morgan fingerprint density at radius 1 is 1.37 bits per heavy atom. The lowest BCUT2D eigenvalue weighted by atomic mass is 9.91. The molecule has 1 aliphatic rings. The fourth-order valence-electron chi connectivity index (χ4n) is 3.73. The number of aromatic nitrogens is 5. The summed E-state index contributed by atoms with van der Waals surface area (Å²) in [4.78, 5) is 26.8. The number of nitrogens with zero attached hydrogens (tertiary/aromatic N) is 5. The van der Waals surface area contributed by atoms with Gasteiger partial charge in [-0.1, -0.05) is 6.92 Å². The molecule has 0 saturated carbocycles. The molecule has 3 aromatic rings. The highest BCUT2D eigenvalue weighted by atomic mass is 32.1. The molecule has 7 nitrogen and oxygen atoms in total. The molecule has 1 aliphatic carbocycles. The first-order chi connectivity index (χ1) is 13.1. The minimum Gasteiger partial charge on any atom is -0.344 e. The molecule has 3 heterocycles. The first-order valence-electron chi connectivity index (χ1n) is 9.18. The highest BCUT2D eigenvalue weighted by molar-refractivity contribution is 7.17. The number of fused-ring (bicyclic) bond motifs is 1. The average Bonchev–Trinajstić information content (AvgIpc) is 3.24. The zero-order valence-corrected chi connectivity index (χ0v) is 16.5. The van der Waals surface area contributed by atoms with Crippen LogP contribution in [0.5, 0.6) is 0 Å². The molecule has 140 valence electrons. The van der Waals surface area contributed by atoms with E-state index in [9.17, 15) is 4.79 Å². The lowest BCUT2D eigenvalue weighted by Crippen LogP contribution is -2.31. The summed E-state index contributed by atoms with van der Waals surface area (Å²) in [6.07, 6.45) is 7.04. The molecule has 1 N–H and O–H groups in total. The van der Waals surface area contributed by atoms with E-state index in [4.69, 9.17) is 0 Å². The van der Waals surface area contributed by atoms with Gasteiger partial charge >= 0.3 is 0 Å². The maximum Gasteiger partial charge on any atom is 0.263 e. The summed E-state index contributed by atoms with van der Waals surface area (Å²) in [5.41, 5.74) is 4.18. The van der Waals surface area contributed by atoms with Crippen LogP contribution < -0.4 is 5.32 Å². The van der Waals surface area contributed by atoms with Crippen LogP contribution in [0.1, 0.15) is 58.1 Å². The summed E-state index contributed by atoms with van der Waals surface area (Å²) in [5.74, 6) is 0.479. The van der Waals surface area contributed by atoms with E-state index in [0.717, 1.165) is 30.7 Å². The van der Waals surface area contributed by atoms with Crippen LogP contribution >= 0.6 is 11.3 Å². The quantitative estimate of drug-likeness (QED) is 0.750. The highest BCUT2D eigenvalue weighted by Crippen LogP contribution is 2.33. The maximum atomic E-state index is 13.1. The number of amides is 1. The van der Waals surface area contributed by atoms with Gasteiger partial charge in [0.25, 0.3) is 5.91 Å². The first-order valence-corrected chi connectivity index (χ1v) is 10.0. The molecule has 8 heteroatoms. The summed E-state index contributed by atoms with van der Waals surface area (Å²) < 4.78 is 1.94. The standard InChI is InChI=1S/C19H22N6OS/c1-4-12-16(27-19(23-12)17-20-9-6-10-21-17)18(26)22-13-7-5-8-14-15(13)11(2)24-25(14)3/h6,9-10,13H,4-5,7-8H2,1-3H3,(H,22,26). The molecule has 0 bridgehead atoms. The van der Waals surface area contributed by atoms with E-state index in [1.807, 2.05) is 25.6 Å². The third-order valence-corrected chi connectivity index (χ3v) is 6.04. The van der Waals surface area contributed by atoms with E-state index < -0.39 is 0 Å². The largest absolute Gasteiger partial charge is 0.344 e. The number of aryl methyl sites for hydroxylation is 3. The molecular formula is C19H22N6OS. The third-order valence-electron chi connectivity index (χ3n) is 4.95. The highest BCUT2D eigenvalue weighted by Gasteiger charge is 2.29. The summed E-state index contributed by atoms with van der Waals surface area (Å²) in [6, 6.07) is 1.76. The number of carbonyl (C=O) groups excluding carboxylic acids is 1. The van der Waals surface area contributed by atoms with E-state index in [1.165, 1.54) is 22.6 Å². The second-order valence-corrected chi connectivity index (χ2v) is 7.71. The van der Waals surface area contributed by atoms with Gasteiger partial charge in [0, 0.05) is 30.7 Å². The lowest BCUT2D eigenvalue weighted by Gasteiger charge is -2.24. The Morgan fingerprint density at radius 2 is 2.15 bits per heavy atom. The SMILES string of the molecule is CCc1nc(-c2ncccn2)sc1C(=O)NC1CCCc2c1c(C)nn2C. The number of hydrogen-bond donors (Lipinski definition) is 1. The van der Waals surface area contributed by atoms with Gasteiger partial charge < -0.3 is 5.32 Å². The summed E-state index contributed by atoms with van der Waals surface area (Å²) in [7, 11) is 1.97. The van der Waals surface area contributed by atoms with Crippen molar-refractivity contribution in [2.45, 2.75) is 45.6 Å². The van der Waals surface area contributed by atoms with Crippen LogP contribution in [0.3, 0.4) is 0 Å². The van der Waals surface area contributed by atoms with Crippen molar-refractivity contribution in [1.29, 1.82) is 0 Å². The van der Waals surface area contributed by atoms with Crippen molar-refractivity contribution in [2.75, 3.05) is 0 Å². The van der Waals surface area contributed by atoms with Crippen molar-refractivity contribution in [3.05, 3.63) is 46.0 Å². The Balaban J connectivity index is 1.62. The minimum atomic E-state index is -0.0763. The normalized spacial score (nSPS) is 16.2. The molecule has 0 spiro atoms. The Morgan fingerprint density at radius 3 is 2.89 bits per heavy atom. The second-order valence-electron chi connectivity index (χ2n) is 6.71. The van der Waals surface area contributed by atoms with Gasteiger partial charge in [-0.25, -0.2) is 15.0 Å². The van der Waals surface area contributed by atoms with Crippen LogP contribution in [0.25, 0.3) is 10.8 Å². The molecule has 0 fully saturated rings. The van der Waals surface area contributed by atoms with Gasteiger partial charge in [0.2, 0.25) is 0 Å². The predicted octanol–water partition coefficient (Wildman–Crippen LogP) is 3.01. The number of rotatable bonds is 4. The Hall–Kier alpha value is -2.61. The van der Waals surface area contributed by atoms with Gasteiger partial charge in [-0.05, 0) is 38.7 Å². The Labute approximate surface area is 161 Å². The first kappa shape index (κ1) is 17.8. The van der Waals surface area contributed by atoms with E-state index in [-0.39, 0.29) is 11.9 Å². The molecular weight excluding hydrogens is 360 g/mol. The van der Waals surface area contributed by atoms with Crippen molar-refractivity contribution in [2.24, 2.45) is 7.05 Å². The van der Waals surface area contributed by atoms with Crippen molar-refractivity contribution < 1.29 is 4.79 Å².